The van der Waals surface area contributed by atoms with E-state index in [0.29, 0.717) is 35.7 Å². The maximum atomic E-state index is 12.3. The van der Waals surface area contributed by atoms with Gasteiger partial charge in [-0.1, -0.05) is 0 Å². The average Bonchev–Trinajstić information content (AvgIpc) is 2.50. The highest BCUT2D eigenvalue weighted by atomic mass is 79.9. The van der Waals surface area contributed by atoms with Gasteiger partial charge in [-0.25, -0.2) is 13.1 Å². The first-order chi connectivity index (χ1) is 10.5. The number of methoxy groups -OCH3 is 3. The summed E-state index contributed by atoms with van der Waals surface area (Å²) in [5.74, 6) is 0.804. The van der Waals surface area contributed by atoms with Gasteiger partial charge in [0.2, 0.25) is 10.0 Å². The van der Waals surface area contributed by atoms with Crippen LogP contribution in [0.4, 0.5) is 0 Å². The van der Waals surface area contributed by atoms with Crippen molar-refractivity contribution in [3.8, 4) is 11.5 Å². The van der Waals surface area contributed by atoms with Gasteiger partial charge in [0.25, 0.3) is 0 Å². The summed E-state index contributed by atoms with van der Waals surface area (Å²) in [5.41, 5.74) is 0. The highest BCUT2D eigenvalue weighted by molar-refractivity contribution is 9.10. The van der Waals surface area contributed by atoms with E-state index < -0.39 is 10.0 Å². The van der Waals surface area contributed by atoms with Crippen LogP contribution in [-0.4, -0.2) is 56.0 Å². The molecule has 0 fully saturated rings. The first kappa shape index (κ1) is 22.4. The molecule has 1 aromatic rings. The Morgan fingerprint density at radius 3 is 2.22 bits per heavy atom. The molecule has 7 nitrogen and oxygen atoms in total. The van der Waals surface area contributed by atoms with Gasteiger partial charge in [0.05, 0.1) is 20.8 Å². The lowest BCUT2D eigenvalue weighted by atomic mass is 10.3. The number of ether oxygens (including phenoxy) is 3. The van der Waals surface area contributed by atoms with Crippen molar-refractivity contribution >= 4 is 38.4 Å². The minimum absolute atomic E-state index is 0. The molecule has 10 heteroatoms. The van der Waals surface area contributed by atoms with E-state index in [0.717, 1.165) is 0 Å². The molecule has 0 heterocycles. The fourth-order valence-electron chi connectivity index (χ4n) is 1.69. The SMILES string of the molecule is COCCNCCNS(=O)(=O)c1cc(OC)c(OC)cc1Br.Cl. The number of hydrogen-bond donors (Lipinski definition) is 2. The van der Waals surface area contributed by atoms with E-state index in [9.17, 15) is 8.42 Å². The molecule has 0 amide bonds. The van der Waals surface area contributed by atoms with Crippen molar-refractivity contribution in [3.05, 3.63) is 16.6 Å². The molecular weight excluding hydrogens is 412 g/mol. The molecule has 0 unspecified atom stereocenters. The van der Waals surface area contributed by atoms with E-state index >= 15 is 0 Å². The number of rotatable bonds is 10. The average molecular weight is 434 g/mol. The first-order valence-corrected chi connectivity index (χ1v) is 8.84. The highest BCUT2D eigenvalue weighted by Gasteiger charge is 2.20. The molecule has 1 rings (SSSR count). The molecule has 0 radical (unpaired) electrons. The summed E-state index contributed by atoms with van der Waals surface area (Å²) in [4.78, 5) is 0.0991. The van der Waals surface area contributed by atoms with Crippen molar-refractivity contribution in [3.63, 3.8) is 0 Å². The van der Waals surface area contributed by atoms with E-state index in [1.54, 1.807) is 13.2 Å². The minimum atomic E-state index is -3.64. The predicted octanol–water partition coefficient (Wildman–Crippen LogP) is 1.40. The van der Waals surface area contributed by atoms with E-state index in [1.165, 1.54) is 20.3 Å². The van der Waals surface area contributed by atoms with Gasteiger partial charge in [-0.2, -0.15) is 0 Å². The molecule has 0 bridgehead atoms. The Morgan fingerprint density at radius 1 is 1.04 bits per heavy atom. The monoisotopic (exact) mass is 432 g/mol. The van der Waals surface area contributed by atoms with Crippen LogP contribution in [0.1, 0.15) is 0 Å². The summed E-state index contributed by atoms with van der Waals surface area (Å²) in [6.07, 6.45) is 0. The quantitative estimate of drug-likeness (QED) is 0.543. The lowest BCUT2D eigenvalue weighted by Gasteiger charge is -2.13. The zero-order valence-corrected chi connectivity index (χ0v) is 16.4. The third-order valence-electron chi connectivity index (χ3n) is 2.80. The molecule has 0 aromatic heterocycles. The predicted molar refractivity (Wildman–Crippen MR) is 94.4 cm³/mol. The lowest BCUT2D eigenvalue weighted by molar-refractivity contribution is 0.199. The molecule has 1 aromatic carbocycles. The zero-order valence-electron chi connectivity index (χ0n) is 13.2. The van der Waals surface area contributed by atoms with Crippen LogP contribution >= 0.6 is 28.3 Å². The van der Waals surface area contributed by atoms with Gasteiger partial charge in [-0.05, 0) is 22.0 Å². The normalized spacial score (nSPS) is 11.0. The third kappa shape index (κ3) is 6.82. The molecule has 23 heavy (non-hydrogen) atoms. The summed E-state index contributed by atoms with van der Waals surface area (Å²) < 4.78 is 42.7. The fourth-order valence-corrected chi connectivity index (χ4v) is 3.76. The van der Waals surface area contributed by atoms with Gasteiger partial charge in [0.1, 0.15) is 4.90 Å². The molecule has 0 aliphatic rings. The molecule has 0 aliphatic carbocycles. The molecule has 2 N–H and O–H groups in total. The molecule has 0 spiro atoms. The number of nitrogens with one attached hydrogen (secondary N) is 2. The summed E-state index contributed by atoms with van der Waals surface area (Å²) >= 11 is 3.24. The van der Waals surface area contributed by atoms with Crippen LogP contribution in [0.5, 0.6) is 11.5 Å². The van der Waals surface area contributed by atoms with E-state index in [4.69, 9.17) is 14.2 Å². The molecule has 0 atom stereocenters. The largest absolute Gasteiger partial charge is 0.493 e. The zero-order chi connectivity index (χ0) is 16.6. The van der Waals surface area contributed by atoms with E-state index in [2.05, 4.69) is 26.0 Å². The first-order valence-electron chi connectivity index (χ1n) is 6.57. The Balaban J connectivity index is 0.00000484. The number of sulfonamides is 1. The van der Waals surface area contributed by atoms with E-state index in [-0.39, 0.29) is 23.8 Å². The summed E-state index contributed by atoms with van der Waals surface area (Å²) in [7, 11) is 0.907. The van der Waals surface area contributed by atoms with Gasteiger partial charge in [-0.15, -0.1) is 12.4 Å². The summed E-state index contributed by atoms with van der Waals surface area (Å²) in [6.45, 7) is 2.02. The minimum Gasteiger partial charge on any atom is -0.493 e. The topological polar surface area (TPSA) is 85.9 Å². The number of halogens is 2. The second-order valence-corrected chi connectivity index (χ2v) is 6.87. The molecule has 134 valence electrons. The van der Waals surface area contributed by atoms with Crippen molar-refractivity contribution < 1.29 is 22.6 Å². The van der Waals surface area contributed by atoms with Crippen molar-refractivity contribution in [2.75, 3.05) is 47.6 Å². The molecule has 0 saturated heterocycles. The van der Waals surface area contributed by atoms with Gasteiger partial charge < -0.3 is 19.5 Å². The van der Waals surface area contributed by atoms with Crippen molar-refractivity contribution in [1.29, 1.82) is 0 Å². The molecule has 0 saturated carbocycles. The van der Waals surface area contributed by atoms with Crippen LogP contribution in [0.15, 0.2) is 21.5 Å². The van der Waals surface area contributed by atoms with Gasteiger partial charge in [-0.3, -0.25) is 0 Å². The van der Waals surface area contributed by atoms with Crippen molar-refractivity contribution in [2.24, 2.45) is 0 Å². The van der Waals surface area contributed by atoms with Crippen LogP contribution in [0.3, 0.4) is 0 Å². The van der Waals surface area contributed by atoms with Gasteiger partial charge >= 0.3 is 0 Å². The Kier molecular flexibility index (Phi) is 10.8. The standard InChI is InChI=1S/C13H21BrN2O5S.ClH/c1-19-7-6-15-4-5-16-22(17,18)13-9-12(21-3)11(20-2)8-10(13)14;/h8-9,15-16H,4-7H2,1-3H3;1H. The van der Waals surface area contributed by atoms with Crippen LogP contribution < -0.4 is 19.5 Å². The number of benzene rings is 1. The third-order valence-corrected chi connectivity index (χ3v) is 5.22. The highest BCUT2D eigenvalue weighted by Crippen LogP contribution is 2.35. The van der Waals surface area contributed by atoms with Crippen LogP contribution in [0, 0.1) is 0 Å². The molecule has 0 aliphatic heterocycles. The Bertz CT molecular complexity index is 586. The van der Waals surface area contributed by atoms with Gasteiger partial charge in [0.15, 0.2) is 11.5 Å². The second kappa shape index (κ2) is 11.1. The van der Waals surface area contributed by atoms with Crippen molar-refractivity contribution in [1.82, 2.24) is 10.0 Å². The van der Waals surface area contributed by atoms with Crippen molar-refractivity contribution in [2.45, 2.75) is 4.90 Å². The van der Waals surface area contributed by atoms with Gasteiger partial charge in [0, 0.05) is 37.3 Å². The van der Waals surface area contributed by atoms with Crippen LogP contribution in [0.2, 0.25) is 0 Å². The van der Waals surface area contributed by atoms with Crippen LogP contribution in [-0.2, 0) is 14.8 Å². The summed E-state index contributed by atoms with van der Waals surface area (Å²) in [6, 6.07) is 2.98. The van der Waals surface area contributed by atoms with Crippen LogP contribution in [0.25, 0.3) is 0 Å². The summed E-state index contributed by atoms with van der Waals surface area (Å²) in [5, 5.41) is 3.06. The maximum Gasteiger partial charge on any atom is 0.241 e. The Morgan fingerprint density at radius 2 is 1.65 bits per heavy atom. The maximum absolute atomic E-state index is 12.3. The lowest BCUT2D eigenvalue weighted by Crippen LogP contribution is -2.33. The number of hydrogen-bond acceptors (Lipinski definition) is 6. The Labute approximate surface area is 151 Å². The fraction of sp³-hybridized carbons (Fsp3) is 0.538. The molecular formula is C13H22BrClN2O5S. The van der Waals surface area contributed by atoms with E-state index in [1.807, 2.05) is 0 Å². The Hall–Kier alpha value is -0.580. The second-order valence-electron chi connectivity index (χ2n) is 4.28. The smallest absolute Gasteiger partial charge is 0.241 e.